The number of esters is 1. The van der Waals surface area contributed by atoms with Gasteiger partial charge < -0.3 is 30.9 Å². The number of pyridine rings is 1. The molecule has 1 aromatic heterocycles. The van der Waals surface area contributed by atoms with Crippen LogP contribution in [0.5, 0.6) is 5.75 Å². The minimum absolute atomic E-state index is 0.0180. The summed E-state index contributed by atoms with van der Waals surface area (Å²) in [6.45, 7) is 6.71. The number of aliphatic hydroxyl groups excluding tert-OH is 1. The van der Waals surface area contributed by atoms with Crippen molar-refractivity contribution in [2.45, 2.75) is 70.9 Å². The minimum Gasteiger partial charge on any atom is -0.507 e. The molecule has 0 radical (unpaired) electrons. The fraction of sp³-hybridized carbons (Fsp3) is 0.464. The van der Waals surface area contributed by atoms with Gasteiger partial charge in [-0.2, -0.15) is 0 Å². The van der Waals surface area contributed by atoms with Crippen molar-refractivity contribution in [3.63, 3.8) is 0 Å². The normalized spacial score (nSPS) is 26.5. The summed E-state index contributed by atoms with van der Waals surface area (Å²) in [5, 5.41) is 29.3. The molecule has 5 N–H and O–H groups in total. The van der Waals surface area contributed by atoms with Gasteiger partial charge in [0.05, 0.1) is 23.6 Å². The number of hydrogen-bond donors (Lipinski definition) is 5. The van der Waals surface area contributed by atoms with Crippen molar-refractivity contribution in [1.29, 1.82) is 0 Å². The second-order valence-corrected chi connectivity index (χ2v) is 10.3. The number of nitrogens with one attached hydrogen (secondary N) is 3. The molecule has 0 saturated carbocycles. The molecule has 0 aliphatic carbocycles. The molecule has 3 amide bonds. The number of phenols is 1. The predicted octanol–water partition coefficient (Wildman–Crippen LogP) is 1.09. The number of nitrogens with zero attached hydrogens (tertiary/aromatic N) is 1. The van der Waals surface area contributed by atoms with E-state index in [4.69, 9.17) is 4.74 Å². The van der Waals surface area contributed by atoms with Crippen LogP contribution in [0.1, 0.15) is 50.0 Å². The molecule has 6 unspecified atom stereocenters. The third-order valence-electron chi connectivity index (χ3n) is 6.64. The molecule has 210 valence electrons. The van der Waals surface area contributed by atoms with Crippen LogP contribution in [0.25, 0.3) is 0 Å². The molecule has 1 saturated heterocycles. The first-order chi connectivity index (χ1) is 18.5. The molecule has 11 heteroatoms. The van der Waals surface area contributed by atoms with Crippen LogP contribution in [0.4, 0.5) is 0 Å². The molecular weight excluding hydrogens is 504 g/mol. The van der Waals surface area contributed by atoms with E-state index < -0.39 is 59.9 Å². The maximum absolute atomic E-state index is 13.6. The molecule has 11 nitrogen and oxygen atoms in total. The molecule has 39 heavy (non-hydrogen) atoms. The van der Waals surface area contributed by atoms with Crippen LogP contribution >= 0.6 is 0 Å². The molecule has 0 spiro atoms. The van der Waals surface area contributed by atoms with Crippen LogP contribution in [-0.2, 0) is 25.5 Å². The number of aromatic nitrogens is 1. The van der Waals surface area contributed by atoms with Crippen LogP contribution in [0.2, 0.25) is 0 Å². The lowest BCUT2D eigenvalue weighted by atomic mass is 9.91. The molecule has 2 aromatic rings. The number of benzene rings is 1. The number of ether oxygens (including phenoxy) is 1. The lowest BCUT2D eigenvalue weighted by Crippen LogP contribution is -2.60. The highest BCUT2D eigenvalue weighted by atomic mass is 16.5. The zero-order chi connectivity index (χ0) is 28.7. The van der Waals surface area contributed by atoms with Gasteiger partial charge in [-0.1, -0.05) is 39.0 Å². The number of aromatic hydroxyl groups is 1. The van der Waals surface area contributed by atoms with Gasteiger partial charge in [0.25, 0.3) is 5.91 Å². The average molecular weight is 541 g/mol. The average Bonchev–Trinajstić information content (AvgIpc) is 2.89. The van der Waals surface area contributed by atoms with Crippen molar-refractivity contribution in [2.24, 2.45) is 11.8 Å². The molecule has 3 rings (SSSR count). The van der Waals surface area contributed by atoms with E-state index in [1.165, 1.54) is 26.0 Å². The van der Waals surface area contributed by atoms with Gasteiger partial charge in [-0.05, 0) is 49.4 Å². The Bertz CT molecular complexity index is 1170. The standard InChI is InChI=1S/C28H36N4O7/c1-15(2)12-21-28(38)39-17(4)23(32-26(36)19-9-5-6-10-22(19)33)27(37)30-20(13-18-8-7-11-29-14-18)24(34)16(3)25(35)31-21/h5-11,14-17,20-21,23-24,33-34H,12-13H2,1-4H3,(H,30,37)(H,31,35)(H,32,36). The Labute approximate surface area is 227 Å². The maximum atomic E-state index is 13.6. The Morgan fingerprint density at radius 3 is 2.44 bits per heavy atom. The summed E-state index contributed by atoms with van der Waals surface area (Å²) in [5.74, 6) is -4.09. The third kappa shape index (κ3) is 7.76. The fourth-order valence-corrected chi connectivity index (χ4v) is 4.41. The molecular formula is C28H36N4O7. The molecule has 6 atom stereocenters. The van der Waals surface area contributed by atoms with Gasteiger partial charge in [0.15, 0.2) is 0 Å². The first-order valence-electron chi connectivity index (χ1n) is 12.9. The molecule has 1 fully saturated rings. The first kappa shape index (κ1) is 29.6. The number of phenolic OH excluding ortho intramolecular Hbond substituents is 1. The largest absolute Gasteiger partial charge is 0.507 e. The van der Waals surface area contributed by atoms with Gasteiger partial charge >= 0.3 is 5.97 Å². The van der Waals surface area contributed by atoms with E-state index in [2.05, 4.69) is 20.9 Å². The summed E-state index contributed by atoms with van der Waals surface area (Å²) in [7, 11) is 0. The number of hydrogen-bond acceptors (Lipinski definition) is 8. The molecule has 1 aliphatic rings. The van der Waals surface area contributed by atoms with Crippen molar-refractivity contribution in [3.8, 4) is 5.75 Å². The van der Waals surface area contributed by atoms with Crippen molar-refractivity contribution in [1.82, 2.24) is 20.9 Å². The minimum atomic E-state index is -1.38. The third-order valence-corrected chi connectivity index (χ3v) is 6.64. The van der Waals surface area contributed by atoms with E-state index in [9.17, 15) is 29.4 Å². The SMILES string of the molecule is CC(C)CC1NC(=O)C(C)C(O)C(Cc2cccnc2)NC(=O)C(NC(=O)c2ccccc2O)C(C)OC1=O. The quantitative estimate of drug-likeness (QED) is 0.340. The number of carbonyl (C=O) groups is 4. The van der Waals surface area contributed by atoms with Crippen LogP contribution in [0.3, 0.4) is 0 Å². The number of cyclic esters (lactones) is 1. The lowest BCUT2D eigenvalue weighted by molar-refractivity contribution is -0.156. The zero-order valence-corrected chi connectivity index (χ0v) is 22.5. The lowest BCUT2D eigenvalue weighted by Gasteiger charge is -2.33. The second kappa shape index (κ2) is 13.2. The summed E-state index contributed by atoms with van der Waals surface area (Å²) in [5.41, 5.74) is 0.633. The second-order valence-electron chi connectivity index (χ2n) is 10.3. The zero-order valence-electron chi connectivity index (χ0n) is 22.5. The summed E-state index contributed by atoms with van der Waals surface area (Å²) >= 11 is 0. The Morgan fingerprint density at radius 1 is 1.08 bits per heavy atom. The number of para-hydroxylation sites is 1. The highest BCUT2D eigenvalue weighted by Gasteiger charge is 2.39. The van der Waals surface area contributed by atoms with Crippen LogP contribution < -0.4 is 16.0 Å². The highest BCUT2D eigenvalue weighted by Crippen LogP contribution is 2.19. The van der Waals surface area contributed by atoms with Gasteiger partial charge in [-0.25, -0.2) is 4.79 Å². The van der Waals surface area contributed by atoms with E-state index in [1.54, 1.807) is 36.7 Å². The van der Waals surface area contributed by atoms with Crippen molar-refractivity contribution < 1.29 is 34.1 Å². The van der Waals surface area contributed by atoms with E-state index in [0.717, 1.165) is 0 Å². The first-order valence-corrected chi connectivity index (χ1v) is 12.9. The fourth-order valence-electron chi connectivity index (χ4n) is 4.41. The van der Waals surface area contributed by atoms with Crippen molar-refractivity contribution in [3.05, 3.63) is 59.9 Å². The number of rotatable bonds is 6. The van der Waals surface area contributed by atoms with Crippen molar-refractivity contribution >= 4 is 23.7 Å². The summed E-state index contributed by atoms with van der Waals surface area (Å²) in [4.78, 5) is 56.8. The van der Waals surface area contributed by atoms with Gasteiger partial charge in [0.2, 0.25) is 11.8 Å². The highest BCUT2D eigenvalue weighted by molar-refractivity contribution is 6.00. The van der Waals surface area contributed by atoms with Gasteiger partial charge in [-0.3, -0.25) is 19.4 Å². The summed E-state index contributed by atoms with van der Waals surface area (Å²) < 4.78 is 5.59. The Hall–Kier alpha value is -3.99. The van der Waals surface area contributed by atoms with Gasteiger partial charge in [0, 0.05) is 12.4 Å². The molecule has 1 aromatic carbocycles. The Kier molecular flexibility index (Phi) is 10.00. The molecule has 1 aliphatic heterocycles. The molecule has 0 bridgehead atoms. The Balaban J connectivity index is 1.99. The number of aliphatic hydroxyl groups is 1. The summed E-state index contributed by atoms with van der Waals surface area (Å²) in [6, 6.07) is 5.96. The van der Waals surface area contributed by atoms with Gasteiger partial charge in [-0.15, -0.1) is 0 Å². The van der Waals surface area contributed by atoms with E-state index in [0.29, 0.717) is 5.56 Å². The van der Waals surface area contributed by atoms with E-state index in [-0.39, 0.29) is 30.1 Å². The Morgan fingerprint density at radius 2 is 1.79 bits per heavy atom. The summed E-state index contributed by atoms with van der Waals surface area (Å²) in [6.07, 6.45) is 1.08. The smallest absolute Gasteiger partial charge is 0.328 e. The molecule has 2 heterocycles. The van der Waals surface area contributed by atoms with E-state index >= 15 is 0 Å². The van der Waals surface area contributed by atoms with Gasteiger partial charge in [0.1, 0.15) is 23.9 Å². The van der Waals surface area contributed by atoms with Crippen molar-refractivity contribution in [2.75, 3.05) is 0 Å². The number of amides is 3. The van der Waals surface area contributed by atoms with E-state index in [1.807, 2.05) is 13.8 Å². The van der Waals surface area contributed by atoms with Crippen LogP contribution in [-0.4, -0.2) is 69.2 Å². The van der Waals surface area contributed by atoms with Crippen LogP contribution in [0.15, 0.2) is 48.8 Å². The van der Waals surface area contributed by atoms with Crippen LogP contribution in [0, 0.1) is 11.8 Å². The number of carbonyl (C=O) groups excluding carboxylic acids is 4. The maximum Gasteiger partial charge on any atom is 0.328 e. The topological polar surface area (TPSA) is 167 Å². The monoisotopic (exact) mass is 540 g/mol. The predicted molar refractivity (Wildman–Crippen MR) is 141 cm³/mol.